The molecule has 8 nitrogen and oxygen atoms in total. The quantitative estimate of drug-likeness (QED) is 0.854. The van der Waals surface area contributed by atoms with Crippen molar-refractivity contribution in [3.05, 3.63) is 17.5 Å². The highest BCUT2D eigenvalue weighted by molar-refractivity contribution is 5.44. The minimum atomic E-state index is 0.518. The van der Waals surface area contributed by atoms with Crippen molar-refractivity contribution in [2.45, 2.75) is 26.3 Å². The van der Waals surface area contributed by atoms with Crippen molar-refractivity contribution in [1.29, 1.82) is 0 Å². The molecule has 0 bridgehead atoms. The molecule has 1 aliphatic heterocycles. The van der Waals surface area contributed by atoms with Gasteiger partial charge >= 0.3 is 0 Å². The predicted molar refractivity (Wildman–Crippen MR) is 79.4 cm³/mol. The van der Waals surface area contributed by atoms with Gasteiger partial charge in [-0.2, -0.15) is 15.0 Å². The summed E-state index contributed by atoms with van der Waals surface area (Å²) in [5.41, 5.74) is 0.821. The van der Waals surface area contributed by atoms with Crippen molar-refractivity contribution in [2.75, 3.05) is 35.7 Å². The number of nitrogens with zero attached hydrogens (tertiary/aromatic N) is 5. The minimum Gasteiger partial charge on any atom is -0.361 e. The molecule has 21 heavy (non-hydrogen) atoms. The summed E-state index contributed by atoms with van der Waals surface area (Å²) in [6.07, 6.45) is 2.36. The molecule has 0 atom stereocenters. The van der Waals surface area contributed by atoms with Crippen LogP contribution in [0.15, 0.2) is 10.6 Å². The topological polar surface area (TPSA) is 92.0 Å². The molecule has 2 aromatic rings. The highest BCUT2D eigenvalue weighted by atomic mass is 16.5. The lowest BCUT2D eigenvalue weighted by Crippen LogP contribution is -2.22. The molecule has 112 valence electrons. The van der Waals surface area contributed by atoms with Crippen LogP contribution < -0.4 is 15.5 Å². The molecular formula is C13H19N7O. The molecule has 1 saturated heterocycles. The summed E-state index contributed by atoms with van der Waals surface area (Å²) < 4.78 is 5.04. The van der Waals surface area contributed by atoms with E-state index in [0.717, 1.165) is 24.5 Å². The van der Waals surface area contributed by atoms with Gasteiger partial charge in [0.1, 0.15) is 11.5 Å². The normalized spacial score (nSPS) is 14.5. The van der Waals surface area contributed by atoms with Gasteiger partial charge in [0.05, 0.1) is 6.54 Å². The molecule has 1 aliphatic rings. The predicted octanol–water partition coefficient (Wildman–Crippen LogP) is 1.42. The first-order valence-corrected chi connectivity index (χ1v) is 7.09. The monoisotopic (exact) mass is 289 g/mol. The van der Waals surface area contributed by atoms with Crippen molar-refractivity contribution >= 4 is 17.8 Å². The van der Waals surface area contributed by atoms with E-state index >= 15 is 0 Å². The number of hydrogen-bond acceptors (Lipinski definition) is 8. The van der Waals surface area contributed by atoms with Crippen LogP contribution in [0.1, 0.15) is 24.3 Å². The summed E-state index contributed by atoms with van der Waals surface area (Å²) in [5.74, 6) is 2.60. The zero-order chi connectivity index (χ0) is 14.7. The molecule has 0 unspecified atom stereocenters. The summed E-state index contributed by atoms with van der Waals surface area (Å²) >= 11 is 0. The van der Waals surface area contributed by atoms with Gasteiger partial charge in [0.25, 0.3) is 0 Å². The first-order valence-electron chi connectivity index (χ1n) is 7.09. The zero-order valence-electron chi connectivity index (χ0n) is 12.3. The number of aromatic nitrogens is 4. The Balaban J connectivity index is 1.75. The minimum absolute atomic E-state index is 0.518. The summed E-state index contributed by atoms with van der Waals surface area (Å²) in [5, 5.41) is 10.1. The van der Waals surface area contributed by atoms with E-state index < -0.39 is 0 Å². The fourth-order valence-electron chi connectivity index (χ4n) is 2.29. The van der Waals surface area contributed by atoms with Gasteiger partial charge < -0.3 is 20.1 Å². The third-order valence-corrected chi connectivity index (χ3v) is 3.34. The first-order chi connectivity index (χ1) is 10.2. The van der Waals surface area contributed by atoms with Crippen LogP contribution in [0.3, 0.4) is 0 Å². The number of rotatable bonds is 5. The Hall–Kier alpha value is -2.38. The smallest absolute Gasteiger partial charge is 0.231 e. The molecule has 3 heterocycles. The molecule has 0 aliphatic carbocycles. The average Bonchev–Trinajstić information content (AvgIpc) is 3.16. The van der Waals surface area contributed by atoms with Gasteiger partial charge in [0.15, 0.2) is 0 Å². The fraction of sp³-hybridized carbons (Fsp3) is 0.538. The second kappa shape index (κ2) is 5.94. The second-order valence-corrected chi connectivity index (χ2v) is 5.01. The molecule has 0 saturated carbocycles. The Kier molecular flexibility index (Phi) is 3.85. The van der Waals surface area contributed by atoms with Gasteiger partial charge in [-0.25, -0.2) is 0 Å². The van der Waals surface area contributed by atoms with Crippen LogP contribution in [0.4, 0.5) is 17.8 Å². The highest BCUT2D eigenvalue weighted by Gasteiger charge is 2.17. The molecule has 0 aromatic carbocycles. The van der Waals surface area contributed by atoms with E-state index in [-0.39, 0.29) is 0 Å². The number of aryl methyl sites for hydroxylation is 1. The van der Waals surface area contributed by atoms with E-state index in [2.05, 4.69) is 35.6 Å². The first kappa shape index (κ1) is 13.6. The Morgan fingerprint density at radius 2 is 1.95 bits per heavy atom. The Bertz CT molecular complexity index is 606. The third-order valence-electron chi connectivity index (χ3n) is 3.34. The van der Waals surface area contributed by atoms with Crippen LogP contribution >= 0.6 is 0 Å². The van der Waals surface area contributed by atoms with E-state index in [0.29, 0.717) is 24.4 Å². The Labute approximate surface area is 123 Å². The van der Waals surface area contributed by atoms with Crippen LogP contribution in [0.2, 0.25) is 0 Å². The maximum Gasteiger partial charge on any atom is 0.231 e. The number of anilines is 3. The van der Waals surface area contributed by atoms with Crippen LogP contribution in [0, 0.1) is 6.92 Å². The summed E-state index contributed by atoms with van der Waals surface area (Å²) in [7, 11) is 1.80. The maximum atomic E-state index is 5.04. The van der Waals surface area contributed by atoms with Crippen molar-refractivity contribution in [2.24, 2.45) is 0 Å². The van der Waals surface area contributed by atoms with E-state index in [9.17, 15) is 0 Å². The molecule has 0 spiro atoms. The number of nitrogens with one attached hydrogen (secondary N) is 2. The van der Waals surface area contributed by atoms with E-state index in [1.807, 2.05) is 13.0 Å². The summed E-state index contributed by atoms with van der Waals surface area (Å²) in [4.78, 5) is 15.4. The molecule has 3 rings (SSSR count). The maximum absolute atomic E-state index is 5.04. The lowest BCUT2D eigenvalue weighted by atomic mass is 10.4. The molecule has 0 amide bonds. The highest BCUT2D eigenvalue weighted by Crippen LogP contribution is 2.18. The van der Waals surface area contributed by atoms with Gasteiger partial charge in [-0.15, -0.1) is 0 Å². The Morgan fingerprint density at radius 3 is 2.62 bits per heavy atom. The van der Waals surface area contributed by atoms with Gasteiger partial charge in [0.2, 0.25) is 17.8 Å². The van der Waals surface area contributed by atoms with Crippen LogP contribution in [0.5, 0.6) is 0 Å². The largest absolute Gasteiger partial charge is 0.361 e. The lowest BCUT2D eigenvalue weighted by molar-refractivity contribution is 0.391. The van der Waals surface area contributed by atoms with Gasteiger partial charge in [0, 0.05) is 26.2 Å². The van der Waals surface area contributed by atoms with Gasteiger partial charge in [-0.05, 0) is 19.8 Å². The van der Waals surface area contributed by atoms with E-state index in [1.54, 1.807) is 7.05 Å². The summed E-state index contributed by atoms with van der Waals surface area (Å²) in [6.45, 7) is 4.37. The second-order valence-electron chi connectivity index (χ2n) is 5.01. The molecular weight excluding hydrogens is 270 g/mol. The van der Waals surface area contributed by atoms with Crippen LogP contribution in [-0.4, -0.2) is 40.2 Å². The standard InChI is InChI=1S/C13H19N7O/c1-9-7-10(19-21-9)8-15-12-16-11(14-2)17-13(18-12)20-5-3-4-6-20/h7H,3-6,8H2,1-2H3,(H2,14,15,16,17,18). The van der Waals surface area contributed by atoms with Gasteiger partial charge in [-0.1, -0.05) is 5.16 Å². The zero-order valence-corrected chi connectivity index (χ0v) is 12.3. The SMILES string of the molecule is CNc1nc(NCc2cc(C)on2)nc(N2CCCC2)n1. The van der Waals surface area contributed by atoms with Crippen molar-refractivity contribution in [3.63, 3.8) is 0 Å². The molecule has 8 heteroatoms. The molecule has 0 radical (unpaired) electrons. The average molecular weight is 289 g/mol. The van der Waals surface area contributed by atoms with Crippen molar-refractivity contribution in [3.8, 4) is 0 Å². The van der Waals surface area contributed by atoms with Crippen molar-refractivity contribution < 1.29 is 4.52 Å². The van der Waals surface area contributed by atoms with E-state index in [1.165, 1.54) is 12.8 Å². The molecule has 1 fully saturated rings. The summed E-state index contributed by atoms with van der Waals surface area (Å²) in [6, 6.07) is 1.88. The van der Waals surface area contributed by atoms with Crippen molar-refractivity contribution in [1.82, 2.24) is 20.1 Å². The van der Waals surface area contributed by atoms with Gasteiger partial charge in [-0.3, -0.25) is 0 Å². The van der Waals surface area contributed by atoms with Crippen LogP contribution in [0.25, 0.3) is 0 Å². The molecule has 2 N–H and O–H groups in total. The Morgan fingerprint density at radius 1 is 1.19 bits per heavy atom. The third kappa shape index (κ3) is 3.21. The fourth-order valence-corrected chi connectivity index (χ4v) is 2.29. The van der Waals surface area contributed by atoms with E-state index in [4.69, 9.17) is 4.52 Å². The molecule has 2 aromatic heterocycles. The lowest BCUT2D eigenvalue weighted by Gasteiger charge is -2.16. The van der Waals surface area contributed by atoms with Crippen LogP contribution in [-0.2, 0) is 6.54 Å². The number of hydrogen-bond donors (Lipinski definition) is 2.